The van der Waals surface area contributed by atoms with E-state index in [0.29, 0.717) is 48.3 Å². The minimum absolute atomic E-state index is 0.111. The number of para-hydroxylation sites is 1. The lowest BCUT2D eigenvalue weighted by molar-refractivity contribution is -0.118. The minimum Gasteiger partial charge on any atom is -0.380 e. The molecule has 0 bridgehead atoms. The van der Waals surface area contributed by atoms with Gasteiger partial charge in [-0.05, 0) is 24.5 Å². The predicted molar refractivity (Wildman–Crippen MR) is 110 cm³/mol. The molecule has 0 atom stereocenters. The molecule has 1 N–H and O–H groups in total. The van der Waals surface area contributed by atoms with E-state index in [4.69, 9.17) is 4.74 Å². The molecule has 0 saturated heterocycles. The molecular formula is C20H27N3O3S. The van der Waals surface area contributed by atoms with Crippen LogP contribution in [-0.2, 0) is 16.1 Å². The molecule has 1 heterocycles. The van der Waals surface area contributed by atoms with E-state index in [-0.39, 0.29) is 17.2 Å². The van der Waals surface area contributed by atoms with E-state index in [0.717, 1.165) is 6.42 Å². The Balaban J connectivity index is 1.92. The van der Waals surface area contributed by atoms with Gasteiger partial charge >= 0.3 is 0 Å². The molecule has 0 unspecified atom stereocenters. The fraction of sp³-hybridized carbons (Fsp3) is 0.450. The Morgan fingerprint density at radius 2 is 2.15 bits per heavy atom. The van der Waals surface area contributed by atoms with Gasteiger partial charge in [-0.15, -0.1) is 6.58 Å². The first-order valence-electron chi connectivity index (χ1n) is 9.10. The first kappa shape index (κ1) is 21.2. The third-order valence-electron chi connectivity index (χ3n) is 3.88. The molecule has 2 aromatic rings. The van der Waals surface area contributed by atoms with Gasteiger partial charge in [0.05, 0.1) is 23.3 Å². The number of thioether (sulfide) groups is 1. The van der Waals surface area contributed by atoms with E-state index in [1.807, 2.05) is 12.1 Å². The Kier molecular flexibility index (Phi) is 8.54. The van der Waals surface area contributed by atoms with Crippen LogP contribution in [0.25, 0.3) is 10.9 Å². The first-order chi connectivity index (χ1) is 13.0. The van der Waals surface area contributed by atoms with Crippen LogP contribution in [0.15, 0.2) is 46.9 Å². The van der Waals surface area contributed by atoms with E-state index < -0.39 is 0 Å². The highest BCUT2D eigenvalue weighted by Crippen LogP contribution is 2.17. The summed E-state index contributed by atoms with van der Waals surface area (Å²) in [5.74, 6) is 0.687. The molecule has 7 heteroatoms. The molecular weight excluding hydrogens is 362 g/mol. The fourth-order valence-corrected chi connectivity index (χ4v) is 3.25. The quantitative estimate of drug-likeness (QED) is 0.277. The van der Waals surface area contributed by atoms with Crippen molar-refractivity contribution in [1.82, 2.24) is 14.9 Å². The number of ether oxygens (including phenoxy) is 1. The lowest BCUT2D eigenvalue weighted by Crippen LogP contribution is -2.29. The summed E-state index contributed by atoms with van der Waals surface area (Å²) in [6.07, 6.45) is 2.66. The number of rotatable bonds is 11. The maximum atomic E-state index is 12.6. The summed E-state index contributed by atoms with van der Waals surface area (Å²) in [7, 11) is 0. The van der Waals surface area contributed by atoms with Crippen LogP contribution in [0.3, 0.4) is 0 Å². The lowest BCUT2D eigenvalue weighted by atomic mass is 10.1. The van der Waals surface area contributed by atoms with Gasteiger partial charge in [0.25, 0.3) is 5.56 Å². The zero-order valence-electron chi connectivity index (χ0n) is 15.9. The first-order valence-corrected chi connectivity index (χ1v) is 10.1. The number of carbonyl (C=O) groups is 1. The van der Waals surface area contributed by atoms with Crippen LogP contribution in [0.1, 0.15) is 20.3 Å². The highest BCUT2D eigenvalue weighted by molar-refractivity contribution is 7.99. The topological polar surface area (TPSA) is 73.2 Å². The Labute approximate surface area is 164 Å². The summed E-state index contributed by atoms with van der Waals surface area (Å²) in [5.41, 5.74) is 0.506. The van der Waals surface area contributed by atoms with E-state index in [1.54, 1.807) is 22.8 Å². The van der Waals surface area contributed by atoms with Crippen LogP contribution in [-0.4, -0.2) is 41.0 Å². The standard InChI is InChI=1S/C20H27N3O3S/c1-4-11-23-19(25)16-7-5-6-8-17(16)22-20(23)27-14-18(24)21-10-13-26-12-9-15(2)3/h4-8,15H,1,9-14H2,2-3H3,(H,21,24). The van der Waals surface area contributed by atoms with E-state index in [9.17, 15) is 9.59 Å². The molecule has 0 aliphatic carbocycles. The number of amides is 1. The number of aromatic nitrogens is 2. The molecule has 0 spiro atoms. The van der Waals surface area contributed by atoms with Crippen molar-refractivity contribution in [3.8, 4) is 0 Å². The van der Waals surface area contributed by atoms with Crippen molar-refractivity contribution >= 4 is 28.6 Å². The second-order valence-electron chi connectivity index (χ2n) is 6.55. The molecule has 1 amide bonds. The molecule has 1 aromatic heterocycles. The molecule has 146 valence electrons. The third-order valence-corrected chi connectivity index (χ3v) is 4.86. The van der Waals surface area contributed by atoms with Crippen molar-refractivity contribution in [3.05, 3.63) is 47.3 Å². The molecule has 6 nitrogen and oxygen atoms in total. The average Bonchev–Trinajstić information content (AvgIpc) is 2.65. The SMILES string of the molecule is C=CCn1c(SCC(=O)NCCOCCC(C)C)nc2ccccc2c1=O. The Morgan fingerprint density at radius 3 is 2.89 bits per heavy atom. The number of nitrogens with one attached hydrogen (secondary N) is 1. The number of carbonyl (C=O) groups excluding carboxylic acids is 1. The maximum Gasteiger partial charge on any atom is 0.262 e. The molecule has 1 aromatic carbocycles. The van der Waals surface area contributed by atoms with Crippen LogP contribution in [0.4, 0.5) is 0 Å². The third kappa shape index (κ3) is 6.52. The summed E-state index contributed by atoms with van der Waals surface area (Å²) in [6.45, 7) is 10.0. The summed E-state index contributed by atoms with van der Waals surface area (Å²) in [6, 6.07) is 7.21. The number of fused-ring (bicyclic) bond motifs is 1. The summed E-state index contributed by atoms with van der Waals surface area (Å²) in [4.78, 5) is 29.2. The summed E-state index contributed by atoms with van der Waals surface area (Å²) >= 11 is 1.25. The van der Waals surface area contributed by atoms with Crippen molar-refractivity contribution in [3.63, 3.8) is 0 Å². The largest absolute Gasteiger partial charge is 0.380 e. The second kappa shape index (κ2) is 10.9. The van der Waals surface area contributed by atoms with Crippen molar-refractivity contribution in [2.45, 2.75) is 32.0 Å². The highest BCUT2D eigenvalue weighted by Gasteiger charge is 2.12. The minimum atomic E-state index is -0.123. The molecule has 0 fully saturated rings. The van der Waals surface area contributed by atoms with Gasteiger partial charge in [-0.3, -0.25) is 14.2 Å². The van der Waals surface area contributed by atoms with Crippen molar-refractivity contribution in [2.75, 3.05) is 25.5 Å². The van der Waals surface area contributed by atoms with Gasteiger partial charge in [0.15, 0.2) is 5.16 Å². The Morgan fingerprint density at radius 1 is 1.37 bits per heavy atom. The molecule has 0 saturated carbocycles. The normalized spacial score (nSPS) is 11.1. The van der Waals surface area contributed by atoms with Crippen molar-refractivity contribution in [2.24, 2.45) is 5.92 Å². The number of hydrogen-bond donors (Lipinski definition) is 1. The number of benzene rings is 1. The van der Waals surface area contributed by atoms with E-state index >= 15 is 0 Å². The molecule has 0 radical (unpaired) electrons. The molecule has 0 aliphatic heterocycles. The number of allylic oxidation sites excluding steroid dienone is 1. The van der Waals surface area contributed by atoms with Crippen molar-refractivity contribution < 1.29 is 9.53 Å². The van der Waals surface area contributed by atoms with Crippen LogP contribution in [0.2, 0.25) is 0 Å². The van der Waals surface area contributed by atoms with Gasteiger partial charge < -0.3 is 10.1 Å². The van der Waals surface area contributed by atoms with Gasteiger partial charge in [-0.25, -0.2) is 4.98 Å². The highest BCUT2D eigenvalue weighted by atomic mass is 32.2. The molecule has 27 heavy (non-hydrogen) atoms. The van der Waals surface area contributed by atoms with Crippen LogP contribution in [0, 0.1) is 5.92 Å². The molecule has 2 rings (SSSR count). The summed E-state index contributed by atoms with van der Waals surface area (Å²) in [5, 5.41) is 3.90. The number of hydrogen-bond acceptors (Lipinski definition) is 5. The Bertz CT molecular complexity index is 833. The van der Waals surface area contributed by atoms with Crippen LogP contribution < -0.4 is 10.9 Å². The van der Waals surface area contributed by atoms with Gasteiger partial charge in [0.2, 0.25) is 5.91 Å². The zero-order valence-corrected chi connectivity index (χ0v) is 16.8. The van der Waals surface area contributed by atoms with Gasteiger partial charge in [0.1, 0.15) is 0 Å². The Hall–Kier alpha value is -2.12. The van der Waals surface area contributed by atoms with E-state index in [1.165, 1.54) is 11.8 Å². The lowest BCUT2D eigenvalue weighted by Gasteiger charge is -2.11. The van der Waals surface area contributed by atoms with Crippen LogP contribution >= 0.6 is 11.8 Å². The number of nitrogens with zero attached hydrogens (tertiary/aromatic N) is 2. The van der Waals surface area contributed by atoms with Gasteiger partial charge in [-0.1, -0.05) is 43.8 Å². The van der Waals surface area contributed by atoms with Crippen molar-refractivity contribution in [1.29, 1.82) is 0 Å². The predicted octanol–water partition coefficient (Wildman–Crippen LogP) is 2.85. The van der Waals surface area contributed by atoms with Gasteiger partial charge in [0, 0.05) is 19.7 Å². The summed E-state index contributed by atoms with van der Waals surface area (Å²) < 4.78 is 7.03. The average molecular weight is 390 g/mol. The monoisotopic (exact) mass is 389 g/mol. The molecule has 0 aliphatic rings. The zero-order chi connectivity index (χ0) is 19.6. The maximum absolute atomic E-state index is 12.6. The van der Waals surface area contributed by atoms with Crippen LogP contribution in [0.5, 0.6) is 0 Å². The fourth-order valence-electron chi connectivity index (χ4n) is 2.41. The van der Waals surface area contributed by atoms with Gasteiger partial charge in [-0.2, -0.15) is 0 Å². The smallest absolute Gasteiger partial charge is 0.262 e. The van der Waals surface area contributed by atoms with E-state index in [2.05, 4.69) is 30.7 Å². The second-order valence-corrected chi connectivity index (χ2v) is 7.49.